The molecule has 0 bridgehead atoms. The number of nitrogens with one attached hydrogen (secondary N) is 2. The summed E-state index contributed by atoms with van der Waals surface area (Å²) < 4.78 is 5.23. The zero-order valence-electron chi connectivity index (χ0n) is 15.0. The molecule has 3 rings (SSSR count). The first-order valence-corrected chi connectivity index (χ1v) is 9.31. The zero-order chi connectivity index (χ0) is 20.3. The van der Waals surface area contributed by atoms with Gasteiger partial charge >= 0.3 is 6.03 Å². The molecule has 2 aliphatic rings. The maximum atomic E-state index is 12.5. The molecule has 0 radical (unpaired) electrons. The van der Waals surface area contributed by atoms with Gasteiger partial charge in [-0.1, -0.05) is 11.6 Å². The molecule has 5 amide bonds. The normalized spacial score (nSPS) is 22.8. The Kier molecular flexibility index (Phi) is 6.15. The van der Waals surface area contributed by atoms with E-state index < -0.39 is 35.8 Å². The highest BCUT2D eigenvalue weighted by Gasteiger charge is 2.39. The second-order valence-corrected chi connectivity index (χ2v) is 7.20. The third-order valence-corrected chi connectivity index (χ3v) is 5.08. The van der Waals surface area contributed by atoms with Crippen LogP contribution in [-0.2, 0) is 19.1 Å². The summed E-state index contributed by atoms with van der Waals surface area (Å²) in [5.41, 5.74) is 5.78. The molecule has 2 heterocycles. The molecule has 150 valence electrons. The van der Waals surface area contributed by atoms with E-state index in [1.165, 1.54) is 0 Å². The maximum Gasteiger partial charge on any atom is 0.329 e. The second kappa shape index (κ2) is 8.57. The van der Waals surface area contributed by atoms with E-state index in [4.69, 9.17) is 22.1 Å². The van der Waals surface area contributed by atoms with Crippen LogP contribution in [0.5, 0.6) is 0 Å². The molecule has 0 aliphatic carbocycles. The fraction of sp³-hybridized carbons (Fsp3) is 0.444. The van der Waals surface area contributed by atoms with Crippen molar-refractivity contribution in [2.75, 3.05) is 18.1 Å². The van der Waals surface area contributed by atoms with E-state index in [9.17, 15) is 19.2 Å². The predicted molar refractivity (Wildman–Crippen MR) is 101 cm³/mol. The Bertz CT molecular complexity index is 779. The summed E-state index contributed by atoms with van der Waals surface area (Å²) in [4.78, 5) is 49.6. The molecule has 2 aliphatic heterocycles. The number of hydrogen-bond acceptors (Lipinski definition) is 5. The van der Waals surface area contributed by atoms with Gasteiger partial charge in [-0.3, -0.25) is 14.4 Å². The van der Waals surface area contributed by atoms with Crippen molar-refractivity contribution >= 4 is 41.0 Å². The zero-order valence-corrected chi connectivity index (χ0v) is 15.8. The average Bonchev–Trinajstić information content (AvgIpc) is 3.27. The number of nitrogens with two attached hydrogens (primary N) is 1. The number of imide groups is 1. The first kappa shape index (κ1) is 20.1. The fourth-order valence-corrected chi connectivity index (χ4v) is 3.45. The number of carbonyl (C=O) groups is 4. The van der Waals surface area contributed by atoms with Gasteiger partial charge in [-0.05, 0) is 37.1 Å². The highest BCUT2D eigenvalue weighted by Crippen LogP contribution is 2.23. The molecule has 28 heavy (non-hydrogen) atoms. The molecule has 9 nitrogen and oxygen atoms in total. The minimum absolute atomic E-state index is 0.0392. The number of primary amides is 1. The molecule has 1 aromatic carbocycles. The largest absolute Gasteiger partial charge is 0.381 e. The quantitative estimate of drug-likeness (QED) is 0.567. The summed E-state index contributed by atoms with van der Waals surface area (Å²) in [5.74, 6) is -1.64. The second-order valence-electron chi connectivity index (χ2n) is 6.76. The van der Waals surface area contributed by atoms with E-state index in [1.54, 1.807) is 24.3 Å². The summed E-state index contributed by atoms with van der Waals surface area (Å²) in [6.07, 6.45) is 0.705. The van der Waals surface area contributed by atoms with Crippen molar-refractivity contribution in [3.63, 3.8) is 0 Å². The third-order valence-electron chi connectivity index (χ3n) is 4.82. The van der Waals surface area contributed by atoms with Gasteiger partial charge in [-0.25, -0.2) is 9.69 Å². The molecule has 4 N–H and O–H groups in total. The van der Waals surface area contributed by atoms with Crippen LogP contribution < -0.4 is 21.3 Å². The van der Waals surface area contributed by atoms with Gasteiger partial charge in [0.1, 0.15) is 12.1 Å². The van der Waals surface area contributed by atoms with E-state index >= 15 is 0 Å². The fourth-order valence-electron chi connectivity index (χ4n) is 3.32. The van der Waals surface area contributed by atoms with Crippen LogP contribution in [0, 0.1) is 5.92 Å². The van der Waals surface area contributed by atoms with Crippen LogP contribution in [0.15, 0.2) is 24.3 Å². The minimum atomic E-state index is -0.823. The van der Waals surface area contributed by atoms with Crippen LogP contribution in [0.25, 0.3) is 0 Å². The number of nitrogens with zero attached hydrogens (tertiary/aromatic N) is 1. The number of anilines is 1. The van der Waals surface area contributed by atoms with E-state index in [0.717, 1.165) is 4.90 Å². The van der Waals surface area contributed by atoms with Crippen molar-refractivity contribution < 1.29 is 23.9 Å². The Balaban J connectivity index is 1.56. The lowest BCUT2D eigenvalue weighted by atomic mass is 9.98. The Morgan fingerprint density at radius 2 is 2.04 bits per heavy atom. The number of carbonyl (C=O) groups excluding carboxylic acids is 4. The lowest BCUT2D eigenvalue weighted by Crippen LogP contribution is -2.49. The lowest BCUT2D eigenvalue weighted by Gasteiger charge is -2.20. The summed E-state index contributed by atoms with van der Waals surface area (Å²) in [5, 5.41) is 5.66. The number of amides is 5. The molecule has 3 atom stereocenters. The van der Waals surface area contributed by atoms with Crippen LogP contribution in [0.1, 0.15) is 19.3 Å². The number of halogens is 1. The summed E-state index contributed by atoms with van der Waals surface area (Å²) in [7, 11) is 0. The first-order valence-electron chi connectivity index (χ1n) is 8.93. The van der Waals surface area contributed by atoms with Gasteiger partial charge in [0, 0.05) is 24.0 Å². The molecular weight excluding hydrogens is 388 g/mol. The van der Waals surface area contributed by atoms with Gasteiger partial charge < -0.3 is 21.1 Å². The van der Waals surface area contributed by atoms with Crippen LogP contribution in [0.3, 0.4) is 0 Å². The molecule has 2 saturated heterocycles. The number of ether oxygens (including phenoxy) is 1. The summed E-state index contributed by atoms with van der Waals surface area (Å²) in [6.45, 7) is 0.883. The molecule has 0 aromatic heterocycles. The van der Waals surface area contributed by atoms with Gasteiger partial charge in [-0.2, -0.15) is 0 Å². The number of benzene rings is 1. The standard InChI is InChI=1S/C18H21ClN4O5/c19-11-1-3-12(4-2-11)23-17(26)13(21-18(23)27)5-6-14(24)22-15(16(20)25)10-7-8-28-9-10/h1-4,10,13,15H,5-9H2,(H2,20,25)(H,21,27)(H,22,24). The Morgan fingerprint density at radius 1 is 1.32 bits per heavy atom. The first-order chi connectivity index (χ1) is 13.4. The number of hydrogen-bond donors (Lipinski definition) is 3. The molecule has 3 unspecified atom stereocenters. The SMILES string of the molecule is NC(=O)C(NC(=O)CCC1NC(=O)N(c2ccc(Cl)cc2)C1=O)C1CCOC1. The van der Waals surface area contributed by atoms with Crippen molar-refractivity contribution in [1.82, 2.24) is 10.6 Å². The summed E-state index contributed by atoms with van der Waals surface area (Å²) in [6, 6.07) is 4.09. The van der Waals surface area contributed by atoms with E-state index in [-0.39, 0.29) is 18.8 Å². The highest BCUT2D eigenvalue weighted by atomic mass is 35.5. The number of urea groups is 1. The van der Waals surface area contributed by atoms with Gasteiger partial charge in [0.25, 0.3) is 5.91 Å². The van der Waals surface area contributed by atoms with Gasteiger partial charge in [0.2, 0.25) is 11.8 Å². The van der Waals surface area contributed by atoms with Crippen LogP contribution in [0.2, 0.25) is 5.02 Å². The van der Waals surface area contributed by atoms with Crippen molar-refractivity contribution in [1.29, 1.82) is 0 Å². The minimum Gasteiger partial charge on any atom is -0.381 e. The highest BCUT2D eigenvalue weighted by molar-refractivity contribution is 6.30. The van der Waals surface area contributed by atoms with Crippen molar-refractivity contribution in [3.8, 4) is 0 Å². The van der Waals surface area contributed by atoms with Crippen molar-refractivity contribution in [2.24, 2.45) is 11.7 Å². The third kappa shape index (κ3) is 4.42. The average molecular weight is 409 g/mol. The van der Waals surface area contributed by atoms with Gasteiger partial charge in [-0.15, -0.1) is 0 Å². The molecular formula is C18H21ClN4O5. The van der Waals surface area contributed by atoms with Gasteiger partial charge in [0.05, 0.1) is 12.3 Å². The predicted octanol–water partition coefficient (Wildman–Crippen LogP) is 0.552. The molecule has 10 heteroatoms. The molecule has 2 fully saturated rings. The maximum absolute atomic E-state index is 12.5. The molecule has 0 saturated carbocycles. The van der Waals surface area contributed by atoms with Crippen LogP contribution in [-0.4, -0.2) is 49.1 Å². The summed E-state index contributed by atoms with van der Waals surface area (Å²) >= 11 is 5.83. The van der Waals surface area contributed by atoms with Crippen LogP contribution >= 0.6 is 11.6 Å². The smallest absolute Gasteiger partial charge is 0.329 e. The van der Waals surface area contributed by atoms with E-state index in [1.807, 2.05) is 0 Å². The van der Waals surface area contributed by atoms with Gasteiger partial charge in [0.15, 0.2) is 0 Å². The van der Waals surface area contributed by atoms with Crippen molar-refractivity contribution in [2.45, 2.75) is 31.3 Å². The number of rotatable bonds is 7. The Labute approximate surface area is 166 Å². The topological polar surface area (TPSA) is 131 Å². The van der Waals surface area contributed by atoms with Crippen molar-refractivity contribution in [3.05, 3.63) is 29.3 Å². The van der Waals surface area contributed by atoms with E-state index in [2.05, 4.69) is 10.6 Å². The molecule has 1 aromatic rings. The Hall–Kier alpha value is -2.65. The molecule has 0 spiro atoms. The van der Waals surface area contributed by atoms with Crippen LogP contribution in [0.4, 0.5) is 10.5 Å². The van der Waals surface area contributed by atoms with E-state index in [0.29, 0.717) is 30.3 Å². The lowest BCUT2D eigenvalue weighted by molar-refractivity contribution is -0.128. The monoisotopic (exact) mass is 408 g/mol. The Morgan fingerprint density at radius 3 is 2.64 bits per heavy atom.